The van der Waals surface area contributed by atoms with Gasteiger partial charge in [0.2, 0.25) is 0 Å². The molecule has 8 heteroatoms. The van der Waals surface area contributed by atoms with Gasteiger partial charge in [0, 0.05) is 22.9 Å². The van der Waals surface area contributed by atoms with Crippen molar-refractivity contribution < 1.29 is 17.6 Å². The van der Waals surface area contributed by atoms with Gasteiger partial charge < -0.3 is 4.90 Å². The second-order valence-electron chi connectivity index (χ2n) is 5.70. The molecule has 138 valence electrons. The Kier molecular flexibility index (Phi) is 5.82. The zero-order chi connectivity index (χ0) is 18.7. The zero-order valence-electron chi connectivity index (χ0n) is 13.9. The van der Waals surface area contributed by atoms with Crippen molar-refractivity contribution in [2.24, 2.45) is 4.99 Å². The fourth-order valence-corrected chi connectivity index (χ4v) is 4.26. The van der Waals surface area contributed by atoms with Gasteiger partial charge in [-0.2, -0.15) is 13.2 Å². The summed E-state index contributed by atoms with van der Waals surface area (Å²) in [6, 6.07) is 12.3. The number of halogens is 4. The van der Waals surface area contributed by atoms with E-state index in [1.165, 1.54) is 23.9 Å². The highest BCUT2D eigenvalue weighted by Gasteiger charge is 2.28. The van der Waals surface area contributed by atoms with Crippen molar-refractivity contribution in [3.8, 4) is 0 Å². The van der Waals surface area contributed by atoms with Crippen LogP contribution >= 0.6 is 23.5 Å². The number of aliphatic imine (C=N–C) groups is 1. The van der Waals surface area contributed by atoms with E-state index >= 15 is 0 Å². The highest BCUT2D eigenvalue weighted by atomic mass is 32.2. The van der Waals surface area contributed by atoms with Crippen molar-refractivity contribution >= 4 is 40.1 Å². The number of para-hydroxylation sites is 1. The molecule has 0 bridgehead atoms. The largest absolute Gasteiger partial charge is 0.398 e. The van der Waals surface area contributed by atoms with Crippen LogP contribution in [0.25, 0.3) is 0 Å². The Hall–Kier alpha value is -1.67. The summed E-state index contributed by atoms with van der Waals surface area (Å²) in [5.74, 6) is -0.732. The smallest absolute Gasteiger partial charge is 0.320 e. The number of thioether (sulfide) groups is 2. The van der Waals surface area contributed by atoms with E-state index in [0.29, 0.717) is 27.4 Å². The Morgan fingerprint density at radius 3 is 2.62 bits per heavy atom. The minimum Gasteiger partial charge on any atom is -0.320 e. The van der Waals surface area contributed by atoms with Gasteiger partial charge >= 0.3 is 6.18 Å². The lowest BCUT2D eigenvalue weighted by molar-refractivity contribution is -0.105. The Morgan fingerprint density at radius 2 is 1.92 bits per heavy atom. The summed E-state index contributed by atoms with van der Waals surface area (Å²) in [6.07, 6.45) is -4.27. The van der Waals surface area contributed by atoms with Crippen LogP contribution in [0.3, 0.4) is 0 Å². The first kappa shape index (κ1) is 19.1. The van der Waals surface area contributed by atoms with Crippen molar-refractivity contribution in [1.82, 2.24) is 0 Å². The summed E-state index contributed by atoms with van der Waals surface area (Å²) in [5.41, 5.74) is 1.49. The van der Waals surface area contributed by atoms with Crippen LogP contribution in [0.4, 0.5) is 28.9 Å². The lowest BCUT2D eigenvalue weighted by Gasteiger charge is -2.18. The normalized spacial score (nSPS) is 16.5. The fourth-order valence-electron chi connectivity index (χ4n) is 2.49. The molecule has 0 amide bonds. The first-order valence-corrected chi connectivity index (χ1v) is 9.84. The first-order chi connectivity index (χ1) is 12.3. The second kappa shape index (κ2) is 7.92. The molecule has 1 heterocycles. The van der Waals surface area contributed by atoms with Gasteiger partial charge in [-0.1, -0.05) is 30.0 Å². The molecule has 0 radical (unpaired) electrons. The quantitative estimate of drug-likeness (QED) is 0.460. The number of hydrogen-bond donors (Lipinski definition) is 0. The molecular weight excluding hydrogens is 384 g/mol. The Bertz CT molecular complexity index is 807. The minimum atomic E-state index is -4.27. The van der Waals surface area contributed by atoms with Crippen LogP contribution in [0.1, 0.15) is 5.56 Å². The molecule has 1 aliphatic heterocycles. The van der Waals surface area contributed by atoms with Gasteiger partial charge in [-0.05, 0) is 36.8 Å². The Morgan fingerprint density at radius 1 is 1.19 bits per heavy atom. The van der Waals surface area contributed by atoms with Gasteiger partial charge in [0.25, 0.3) is 0 Å². The van der Waals surface area contributed by atoms with Crippen molar-refractivity contribution in [3.63, 3.8) is 0 Å². The summed E-state index contributed by atoms with van der Waals surface area (Å²) in [7, 11) is 0. The predicted octanol–water partition coefficient (Wildman–Crippen LogP) is 6.03. The van der Waals surface area contributed by atoms with E-state index in [-0.39, 0.29) is 5.69 Å². The highest BCUT2D eigenvalue weighted by molar-refractivity contribution is 8.14. The van der Waals surface area contributed by atoms with E-state index in [4.69, 9.17) is 0 Å². The third-order valence-corrected chi connectivity index (χ3v) is 5.88. The standard InChI is InChI=1S/C18H16F4N2S2/c1-12-9-14(19)15(10-16(12)26-11-18(20,21)22)23-17-24(7-8-25-17)13-5-3-2-4-6-13/h2-6,9-10H,7-8,11H2,1H3/b23-17-. The SMILES string of the molecule is Cc1cc(F)c(/N=C2\SCCN2c2ccccc2)cc1SCC(F)(F)F. The van der Waals surface area contributed by atoms with E-state index in [1.54, 1.807) is 6.92 Å². The van der Waals surface area contributed by atoms with Crippen molar-refractivity contribution in [2.75, 3.05) is 23.0 Å². The molecule has 0 N–H and O–H groups in total. The molecule has 0 spiro atoms. The Labute approximate surface area is 157 Å². The van der Waals surface area contributed by atoms with Gasteiger partial charge in [-0.25, -0.2) is 9.38 Å². The van der Waals surface area contributed by atoms with Crippen molar-refractivity contribution in [3.05, 3.63) is 53.8 Å². The van der Waals surface area contributed by atoms with Crippen molar-refractivity contribution in [1.29, 1.82) is 0 Å². The van der Waals surface area contributed by atoms with Crippen LogP contribution in [0.5, 0.6) is 0 Å². The van der Waals surface area contributed by atoms with E-state index in [1.807, 2.05) is 35.2 Å². The number of alkyl halides is 3. The molecule has 0 aliphatic carbocycles. The van der Waals surface area contributed by atoms with Gasteiger partial charge in [-0.15, -0.1) is 11.8 Å². The lowest BCUT2D eigenvalue weighted by Crippen LogP contribution is -2.23. The summed E-state index contributed by atoms with van der Waals surface area (Å²) in [4.78, 5) is 6.76. The molecule has 2 nitrogen and oxygen atoms in total. The number of nitrogens with zero attached hydrogens (tertiary/aromatic N) is 2. The molecular formula is C18H16F4N2S2. The average molecular weight is 400 g/mol. The number of hydrogen-bond acceptors (Lipinski definition) is 3. The van der Waals surface area contributed by atoms with Crippen LogP contribution in [0.2, 0.25) is 0 Å². The average Bonchev–Trinajstić information content (AvgIpc) is 3.04. The molecule has 1 aliphatic rings. The molecule has 0 atom stereocenters. The number of rotatable bonds is 4. The third kappa shape index (κ3) is 4.73. The fraction of sp³-hybridized carbons (Fsp3) is 0.278. The summed E-state index contributed by atoms with van der Waals surface area (Å²) in [5, 5.41) is 0.644. The molecule has 0 saturated carbocycles. The molecule has 3 rings (SSSR count). The monoisotopic (exact) mass is 400 g/mol. The maximum absolute atomic E-state index is 14.3. The molecule has 2 aromatic carbocycles. The van der Waals surface area contributed by atoms with Crippen molar-refractivity contribution in [2.45, 2.75) is 18.0 Å². The van der Waals surface area contributed by atoms with Crippen LogP contribution in [0, 0.1) is 12.7 Å². The number of amidine groups is 1. The van der Waals surface area contributed by atoms with Crippen LogP contribution in [0.15, 0.2) is 52.4 Å². The zero-order valence-corrected chi connectivity index (χ0v) is 15.5. The van der Waals surface area contributed by atoms with Gasteiger partial charge in [0.05, 0.1) is 5.75 Å². The maximum atomic E-state index is 14.3. The second-order valence-corrected chi connectivity index (χ2v) is 7.78. The van der Waals surface area contributed by atoms with E-state index in [9.17, 15) is 17.6 Å². The van der Waals surface area contributed by atoms with Crippen LogP contribution < -0.4 is 4.90 Å². The van der Waals surface area contributed by atoms with Gasteiger partial charge in [0.15, 0.2) is 5.17 Å². The molecule has 2 aromatic rings. The highest BCUT2D eigenvalue weighted by Crippen LogP contribution is 2.35. The molecule has 26 heavy (non-hydrogen) atoms. The van der Waals surface area contributed by atoms with E-state index < -0.39 is 17.7 Å². The number of benzene rings is 2. The summed E-state index contributed by atoms with van der Waals surface area (Å²) < 4.78 is 51.8. The first-order valence-electron chi connectivity index (χ1n) is 7.87. The van der Waals surface area contributed by atoms with E-state index in [2.05, 4.69) is 4.99 Å². The van der Waals surface area contributed by atoms with Crippen LogP contribution in [-0.4, -0.2) is 29.4 Å². The van der Waals surface area contributed by atoms with E-state index in [0.717, 1.165) is 18.0 Å². The molecule has 0 aromatic heterocycles. The summed E-state index contributed by atoms with van der Waals surface area (Å²) in [6.45, 7) is 2.34. The van der Waals surface area contributed by atoms with Gasteiger partial charge in [-0.3, -0.25) is 0 Å². The third-order valence-electron chi connectivity index (χ3n) is 3.70. The lowest BCUT2D eigenvalue weighted by atomic mass is 10.2. The molecule has 1 fully saturated rings. The minimum absolute atomic E-state index is 0.0607. The maximum Gasteiger partial charge on any atom is 0.398 e. The number of anilines is 1. The molecule has 0 unspecified atom stereocenters. The van der Waals surface area contributed by atoms with Gasteiger partial charge in [0.1, 0.15) is 11.5 Å². The summed E-state index contributed by atoms with van der Waals surface area (Å²) >= 11 is 2.15. The van der Waals surface area contributed by atoms with Crippen LogP contribution in [-0.2, 0) is 0 Å². The topological polar surface area (TPSA) is 15.6 Å². The predicted molar refractivity (Wildman–Crippen MR) is 101 cm³/mol. The number of aryl methyl sites for hydroxylation is 1. The Balaban J connectivity index is 1.89. The molecule has 1 saturated heterocycles.